The van der Waals surface area contributed by atoms with Gasteiger partial charge in [0, 0.05) is 0 Å². The summed E-state index contributed by atoms with van der Waals surface area (Å²) in [6, 6.07) is 0. The molecule has 0 saturated carbocycles. The SMILES string of the molecule is CCCCCC[PH](CC)(CC)CCC. The molecular weight excluding hydrogens is 187 g/mol. The summed E-state index contributed by atoms with van der Waals surface area (Å²) < 4.78 is 0. The van der Waals surface area contributed by atoms with Crippen molar-refractivity contribution in [2.24, 2.45) is 0 Å². The van der Waals surface area contributed by atoms with Gasteiger partial charge in [0.05, 0.1) is 0 Å². The third-order valence-corrected chi connectivity index (χ3v) is 9.82. The quantitative estimate of drug-likeness (QED) is 0.386. The van der Waals surface area contributed by atoms with Crippen molar-refractivity contribution in [3.05, 3.63) is 0 Å². The molecule has 0 bridgehead atoms. The number of unbranched alkanes of at least 4 members (excludes halogenated alkanes) is 3. The Kier molecular flexibility index (Phi) is 8.98. The van der Waals surface area contributed by atoms with Gasteiger partial charge in [-0.1, -0.05) is 0 Å². The number of rotatable bonds is 9. The van der Waals surface area contributed by atoms with Gasteiger partial charge in [-0.15, -0.1) is 0 Å². The second-order valence-corrected chi connectivity index (χ2v) is 10.2. The Balaban J connectivity index is 3.82. The number of hydrogen-bond acceptors (Lipinski definition) is 0. The van der Waals surface area contributed by atoms with Crippen molar-refractivity contribution in [3.63, 3.8) is 0 Å². The van der Waals surface area contributed by atoms with Crippen LogP contribution in [-0.4, -0.2) is 24.6 Å². The zero-order valence-corrected chi connectivity index (χ0v) is 11.9. The van der Waals surface area contributed by atoms with E-state index in [1.165, 1.54) is 44.4 Å². The molecular formula is C13H31P. The van der Waals surface area contributed by atoms with Gasteiger partial charge in [-0.25, -0.2) is 0 Å². The van der Waals surface area contributed by atoms with Crippen LogP contribution in [0.1, 0.15) is 59.8 Å². The third-order valence-electron chi connectivity index (χ3n) is 3.84. The van der Waals surface area contributed by atoms with Crippen LogP contribution in [0.2, 0.25) is 0 Å². The third kappa shape index (κ3) is 5.35. The standard InChI is InChI=1S/C13H31P/c1-5-9-10-11-13-14(7-3,8-4)12-6-2/h14H,5-13H2,1-4H3. The molecule has 14 heavy (non-hydrogen) atoms. The van der Waals surface area contributed by atoms with Crippen LogP contribution < -0.4 is 0 Å². The summed E-state index contributed by atoms with van der Waals surface area (Å²) in [6.07, 6.45) is 13.5. The molecule has 0 atom stereocenters. The van der Waals surface area contributed by atoms with Crippen molar-refractivity contribution in [1.29, 1.82) is 0 Å². The molecule has 0 rings (SSSR count). The zero-order chi connectivity index (χ0) is 10.9. The van der Waals surface area contributed by atoms with E-state index in [4.69, 9.17) is 0 Å². The molecule has 0 amide bonds. The summed E-state index contributed by atoms with van der Waals surface area (Å²) in [4.78, 5) is 0. The fourth-order valence-electron chi connectivity index (χ4n) is 2.54. The first kappa shape index (κ1) is 14.4. The molecule has 0 aliphatic heterocycles. The number of hydrogen-bond donors (Lipinski definition) is 0. The summed E-state index contributed by atoms with van der Waals surface area (Å²) in [5, 5.41) is 0. The Bertz CT molecular complexity index is 116. The van der Waals surface area contributed by atoms with E-state index >= 15 is 0 Å². The topological polar surface area (TPSA) is 0 Å². The molecule has 1 heteroatoms. The minimum absolute atomic E-state index is 0.793. The van der Waals surface area contributed by atoms with Gasteiger partial charge in [0.25, 0.3) is 0 Å². The molecule has 0 nitrogen and oxygen atoms in total. The minimum atomic E-state index is -0.793. The van der Waals surface area contributed by atoms with Crippen molar-refractivity contribution in [1.82, 2.24) is 0 Å². The normalized spacial score (nSPS) is 13.1. The Hall–Kier alpha value is 0.430. The molecule has 0 aromatic heterocycles. The molecule has 0 heterocycles. The van der Waals surface area contributed by atoms with Crippen molar-refractivity contribution < 1.29 is 0 Å². The van der Waals surface area contributed by atoms with Crippen LogP contribution in [0.3, 0.4) is 0 Å². The fraction of sp³-hybridized carbons (Fsp3) is 1.00. The van der Waals surface area contributed by atoms with E-state index in [9.17, 15) is 0 Å². The van der Waals surface area contributed by atoms with Gasteiger partial charge in [-0.05, 0) is 0 Å². The van der Waals surface area contributed by atoms with Crippen LogP contribution in [0.25, 0.3) is 0 Å². The Morgan fingerprint density at radius 3 is 1.71 bits per heavy atom. The van der Waals surface area contributed by atoms with Gasteiger partial charge in [0.15, 0.2) is 0 Å². The van der Waals surface area contributed by atoms with E-state index in [1.54, 1.807) is 12.3 Å². The summed E-state index contributed by atoms with van der Waals surface area (Å²) in [6.45, 7) is 9.53. The molecule has 0 fully saturated rings. The van der Waals surface area contributed by atoms with E-state index in [0.717, 1.165) is 0 Å². The van der Waals surface area contributed by atoms with Gasteiger partial charge in [0.1, 0.15) is 0 Å². The van der Waals surface area contributed by atoms with Crippen LogP contribution in [0.5, 0.6) is 0 Å². The monoisotopic (exact) mass is 218 g/mol. The maximum atomic E-state index is 2.44. The second kappa shape index (κ2) is 8.72. The van der Waals surface area contributed by atoms with Crippen molar-refractivity contribution in [2.75, 3.05) is 24.6 Å². The summed E-state index contributed by atoms with van der Waals surface area (Å²) in [5.41, 5.74) is 0. The van der Waals surface area contributed by atoms with Crippen molar-refractivity contribution >= 4 is 7.26 Å². The first-order chi connectivity index (χ1) is 6.74. The van der Waals surface area contributed by atoms with E-state index < -0.39 is 7.26 Å². The molecule has 88 valence electrons. The molecule has 0 aromatic rings. The molecule has 0 aromatic carbocycles. The summed E-state index contributed by atoms with van der Waals surface area (Å²) in [5.74, 6) is 0. The van der Waals surface area contributed by atoms with Gasteiger partial charge in [-0.2, -0.15) is 0 Å². The first-order valence-corrected chi connectivity index (χ1v) is 9.57. The zero-order valence-electron chi connectivity index (χ0n) is 10.9. The fourth-order valence-corrected chi connectivity index (χ4v) is 6.76. The van der Waals surface area contributed by atoms with E-state index in [2.05, 4.69) is 27.7 Å². The average Bonchev–Trinajstić information content (AvgIpc) is 2.23. The molecule has 0 radical (unpaired) electrons. The second-order valence-electron chi connectivity index (χ2n) is 4.77. The van der Waals surface area contributed by atoms with Gasteiger partial charge < -0.3 is 0 Å². The maximum absolute atomic E-state index is 2.44. The average molecular weight is 218 g/mol. The van der Waals surface area contributed by atoms with Crippen LogP contribution in [0, 0.1) is 0 Å². The summed E-state index contributed by atoms with van der Waals surface area (Å²) >= 11 is 0. The Morgan fingerprint density at radius 2 is 1.29 bits per heavy atom. The molecule has 0 aliphatic rings. The molecule has 0 unspecified atom stereocenters. The predicted molar refractivity (Wildman–Crippen MR) is 73.6 cm³/mol. The summed E-state index contributed by atoms with van der Waals surface area (Å²) in [7, 11) is -0.793. The van der Waals surface area contributed by atoms with Crippen molar-refractivity contribution in [3.8, 4) is 0 Å². The van der Waals surface area contributed by atoms with Gasteiger partial charge >= 0.3 is 91.7 Å². The van der Waals surface area contributed by atoms with Crippen molar-refractivity contribution in [2.45, 2.75) is 59.8 Å². The predicted octanol–water partition coefficient (Wildman–Crippen LogP) is 4.77. The van der Waals surface area contributed by atoms with Crippen LogP contribution >= 0.6 is 7.26 Å². The van der Waals surface area contributed by atoms with Crippen LogP contribution in [0.4, 0.5) is 0 Å². The molecule has 0 saturated heterocycles. The Labute approximate surface area is 92.2 Å². The molecule has 0 aliphatic carbocycles. The Morgan fingerprint density at radius 1 is 0.643 bits per heavy atom. The van der Waals surface area contributed by atoms with Gasteiger partial charge in [-0.3, -0.25) is 0 Å². The first-order valence-electron chi connectivity index (χ1n) is 6.74. The molecule has 0 N–H and O–H groups in total. The van der Waals surface area contributed by atoms with Crippen LogP contribution in [0.15, 0.2) is 0 Å². The van der Waals surface area contributed by atoms with E-state index in [0.29, 0.717) is 0 Å². The van der Waals surface area contributed by atoms with E-state index in [-0.39, 0.29) is 0 Å². The van der Waals surface area contributed by atoms with E-state index in [1.807, 2.05) is 0 Å². The van der Waals surface area contributed by atoms with Crippen LogP contribution in [-0.2, 0) is 0 Å². The molecule has 0 spiro atoms. The van der Waals surface area contributed by atoms with Gasteiger partial charge in [0.2, 0.25) is 0 Å².